The molecule has 2 atom stereocenters. The Kier molecular flexibility index (Phi) is 6.92. The van der Waals surface area contributed by atoms with Crippen molar-refractivity contribution < 1.29 is 31.8 Å². The number of fused-ring (bicyclic) bond motifs is 1. The van der Waals surface area contributed by atoms with E-state index in [0.717, 1.165) is 31.2 Å². The van der Waals surface area contributed by atoms with Gasteiger partial charge in [-0.05, 0) is 73.1 Å². The van der Waals surface area contributed by atoms with Gasteiger partial charge in [-0.1, -0.05) is 5.16 Å². The normalized spacial score (nSPS) is 23.4. The molecular weight excluding hydrogens is 570 g/mol. The van der Waals surface area contributed by atoms with Gasteiger partial charge in [0.25, 0.3) is 5.91 Å². The highest BCUT2D eigenvalue weighted by Crippen LogP contribution is 2.46. The van der Waals surface area contributed by atoms with Crippen molar-refractivity contribution in [3.8, 4) is 0 Å². The Labute approximate surface area is 244 Å². The van der Waals surface area contributed by atoms with Crippen LogP contribution in [0, 0.1) is 17.8 Å². The Hall–Kier alpha value is -3.58. The zero-order valence-corrected chi connectivity index (χ0v) is 23.4. The number of alkyl halides is 4. The topological polar surface area (TPSA) is 127 Å². The number of imidazole rings is 1. The molecule has 3 heterocycles. The summed E-state index contributed by atoms with van der Waals surface area (Å²) in [6, 6.07) is 0.831. The van der Waals surface area contributed by atoms with Crippen molar-refractivity contribution in [1.29, 1.82) is 0 Å². The second-order valence-corrected chi connectivity index (χ2v) is 12.9. The van der Waals surface area contributed by atoms with Crippen LogP contribution in [0.1, 0.15) is 116 Å². The molecule has 0 aliphatic heterocycles. The van der Waals surface area contributed by atoms with Crippen LogP contribution >= 0.6 is 0 Å². The maximum Gasteiger partial charge on any atom is 0.276 e. The molecule has 0 bridgehead atoms. The summed E-state index contributed by atoms with van der Waals surface area (Å²) in [5, 5.41) is 18.2. The van der Waals surface area contributed by atoms with Gasteiger partial charge in [-0.3, -0.25) is 9.59 Å². The third-order valence-electron chi connectivity index (χ3n) is 9.31. The van der Waals surface area contributed by atoms with Crippen LogP contribution in [0.25, 0.3) is 5.65 Å². The number of hydrogen-bond acceptors (Lipinski definition) is 7. The zero-order chi connectivity index (χ0) is 29.9. The predicted octanol–water partition coefficient (Wildman–Crippen LogP) is 5.29. The summed E-state index contributed by atoms with van der Waals surface area (Å²) in [6.07, 6.45) is 6.39. The van der Waals surface area contributed by atoms with Gasteiger partial charge in [-0.2, -0.15) is 5.10 Å². The summed E-state index contributed by atoms with van der Waals surface area (Å²) in [5.41, 5.74) is 2.32. The van der Waals surface area contributed by atoms with E-state index in [1.165, 1.54) is 0 Å². The molecule has 4 aliphatic carbocycles. The molecule has 0 spiro atoms. The van der Waals surface area contributed by atoms with Gasteiger partial charge in [0.15, 0.2) is 11.3 Å². The number of hydrogen-bond donors (Lipinski definition) is 2. The molecule has 4 saturated carbocycles. The minimum atomic E-state index is -2.74. The van der Waals surface area contributed by atoms with Gasteiger partial charge >= 0.3 is 0 Å². The summed E-state index contributed by atoms with van der Waals surface area (Å²) in [6.45, 7) is 0. The number of carbonyl (C=O) groups excluding carboxylic acids is 2. The van der Waals surface area contributed by atoms with Crippen LogP contribution in [0.3, 0.4) is 0 Å². The molecule has 1 unspecified atom stereocenters. The SMILES string of the molecule is O=C(CC1CC(F)(F)C1)NC(c1cnn2cc([C@@H](NC(=O)c3nonc3C3CC3)C3CCC(F)(F)CC3)nc2c1)C1CC1. The van der Waals surface area contributed by atoms with Gasteiger partial charge in [-0.15, -0.1) is 0 Å². The number of aromatic nitrogens is 5. The van der Waals surface area contributed by atoms with Crippen molar-refractivity contribution in [2.45, 2.75) is 100 Å². The third-order valence-corrected chi connectivity index (χ3v) is 9.31. The summed E-state index contributed by atoms with van der Waals surface area (Å²) in [5.74, 6) is -6.40. The lowest BCUT2D eigenvalue weighted by Crippen LogP contribution is -2.39. The molecule has 0 aromatic carbocycles. The minimum absolute atomic E-state index is 0.0628. The fraction of sp³-hybridized carbons (Fsp3) is 0.655. The molecule has 2 amide bonds. The lowest BCUT2D eigenvalue weighted by atomic mass is 9.79. The van der Waals surface area contributed by atoms with E-state index >= 15 is 0 Å². The van der Waals surface area contributed by atoms with E-state index in [9.17, 15) is 27.2 Å². The van der Waals surface area contributed by atoms with Crippen molar-refractivity contribution in [2.75, 3.05) is 0 Å². The Morgan fingerprint density at radius 2 is 1.67 bits per heavy atom. The summed E-state index contributed by atoms with van der Waals surface area (Å²) < 4.78 is 61.0. The van der Waals surface area contributed by atoms with Crippen LogP contribution in [0.4, 0.5) is 17.6 Å². The van der Waals surface area contributed by atoms with E-state index in [0.29, 0.717) is 17.0 Å². The molecule has 3 aromatic rings. The lowest BCUT2D eigenvalue weighted by Gasteiger charge is -2.34. The molecule has 0 saturated heterocycles. The van der Waals surface area contributed by atoms with Crippen molar-refractivity contribution in [3.05, 3.63) is 41.1 Å². The van der Waals surface area contributed by atoms with E-state index in [1.54, 1.807) is 16.9 Å². The first kappa shape index (κ1) is 28.2. The number of nitrogens with zero attached hydrogens (tertiary/aromatic N) is 5. The van der Waals surface area contributed by atoms with Crippen molar-refractivity contribution >= 4 is 17.5 Å². The largest absolute Gasteiger partial charge is 0.349 e. The van der Waals surface area contributed by atoms with Crippen LogP contribution < -0.4 is 10.6 Å². The van der Waals surface area contributed by atoms with Crippen LogP contribution in [-0.2, 0) is 4.79 Å². The van der Waals surface area contributed by atoms with E-state index in [2.05, 4.69) is 26.0 Å². The highest BCUT2D eigenvalue weighted by molar-refractivity contribution is 5.93. The lowest BCUT2D eigenvalue weighted by molar-refractivity contribution is -0.134. The Morgan fingerprint density at radius 3 is 2.35 bits per heavy atom. The van der Waals surface area contributed by atoms with Gasteiger partial charge in [-0.25, -0.2) is 31.7 Å². The summed E-state index contributed by atoms with van der Waals surface area (Å²) >= 11 is 0. The van der Waals surface area contributed by atoms with E-state index < -0.39 is 23.8 Å². The molecule has 2 N–H and O–H groups in total. The first-order valence-electron chi connectivity index (χ1n) is 15.1. The number of carbonyl (C=O) groups is 2. The third kappa shape index (κ3) is 6.10. The monoisotopic (exact) mass is 603 g/mol. The van der Waals surface area contributed by atoms with Gasteiger partial charge < -0.3 is 10.6 Å². The predicted molar refractivity (Wildman–Crippen MR) is 142 cm³/mol. The maximum absolute atomic E-state index is 14.0. The van der Waals surface area contributed by atoms with Crippen LogP contribution in [0.2, 0.25) is 0 Å². The molecule has 4 fully saturated rings. The molecular formula is C29H33F4N7O3. The Balaban J connectivity index is 1.12. The van der Waals surface area contributed by atoms with Crippen molar-refractivity contribution in [1.82, 2.24) is 35.5 Å². The van der Waals surface area contributed by atoms with Gasteiger partial charge in [0.1, 0.15) is 5.69 Å². The van der Waals surface area contributed by atoms with E-state index in [-0.39, 0.29) is 86.3 Å². The number of halogens is 4. The second-order valence-electron chi connectivity index (χ2n) is 12.9. The van der Waals surface area contributed by atoms with Gasteiger partial charge in [0.2, 0.25) is 17.8 Å². The van der Waals surface area contributed by atoms with Crippen molar-refractivity contribution in [2.24, 2.45) is 17.8 Å². The fourth-order valence-electron chi connectivity index (χ4n) is 6.57. The smallest absolute Gasteiger partial charge is 0.276 e. The summed E-state index contributed by atoms with van der Waals surface area (Å²) in [7, 11) is 0. The highest BCUT2D eigenvalue weighted by atomic mass is 19.3. The number of nitrogens with one attached hydrogen (secondary N) is 2. The van der Waals surface area contributed by atoms with E-state index in [1.807, 2.05) is 6.07 Å². The quantitative estimate of drug-likeness (QED) is 0.302. The molecule has 3 aromatic heterocycles. The van der Waals surface area contributed by atoms with E-state index in [4.69, 9.17) is 9.61 Å². The molecule has 43 heavy (non-hydrogen) atoms. The fourth-order valence-corrected chi connectivity index (χ4v) is 6.57. The van der Waals surface area contributed by atoms with Gasteiger partial charge in [0.05, 0.1) is 30.2 Å². The Morgan fingerprint density at radius 1 is 0.953 bits per heavy atom. The first-order valence-corrected chi connectivity index (χ1v) is 15.1. The number of amides is 2. The average molecular weight is 604 g/mol. The molecule has 7 rings (SSSR count). The van der Waals surface area contributed by atoms with Crippen LogP contribution in [0.5, 0.6) is 0 Å². The first-order chi connectivity index (χ1) is 20.5. The molecule has 230 valence electrons. The standard InChI is InChI=1S/C29H33F4N7O3/c30-28(31)7-5-18(6-8-28)24(37-27(42)26-25(17-3-4-17)38-43-39-26)20-14-40-21(35-20)10-19(13-34-40)23(16-1-2-16)36-22(41)9-15-11-29(32,33)12-15/h10,13-18,23-24H,1-9,11-12H2,(H,36,41)(H,37,42)/t23?,24-/m0/s1. The Bertz CT molecular complexity index is 1520. The molecule has 14 heteroatoms. The average Bonchev–Trinajstić information content (AvgIpc) is 3.87. The molecule has 4 aliphatic rings. The highest BCUT2D eigenvalue weighted by Gasteiger charge is 2.46. The summed E-state index contributed by atoms with van der Waals surface area (Å²) in [4.78, 5) is 30.8. The molecule has 0 radical (unpaired) electrons. The molecule has 10 nitrogen and oxygen atoms in total. The maximum atomic E-state index is 14.0. The zero-order valence-electron chi connectivity index (χ0n) is 23.4. The van der Waals surface area contributed by atoms with Gasteiger partial charge in [0, 0.05) is 38.0 Å². The second kappa shape index (κ2) is 10.5. The van der Waals surface area contributed by atoms with Crippen LogP contribution in [-0.4, -0.2) is 48.6 Å². The number of rotatable bonds is 10. The minimum Gasteiger partial charge on any atom is -0.349 e. The van der Waals surface area contributed by atoms with Crippen molar-refractivity contribution in [3.63, 3.8) is 0 Å². The van der Waals surface area contributed by atoms with Crippen LogP contribution in [0.15, 0.2) is 23.1 Å².